The van der Waals surface area contributed by atoms with E-state index in [-0.39, 0.29) is 31.5 Å². The van der Waals surface area contributed by atoms with Crippen molar-refractivity contribution in [1.82, 2.24) is 10.2 Å². The molecule has 4 rings (SSSR count). The first kappa shape index (κ1) is 29.6. The summed E-state index contributed by atoms with van der Waals surface area (Å²) >= 11 is 12.2. The van der Waals surface area contributed by atoms with Crippen LogP contribution in [0.25, 0.3) is 11.1 Å². The maximum atomic E-state index is 13.1. The molecule has 1 fully saturated rings. The summed E-state index contributed by atoms with van der Waals surface area (Å²) in [6, 6.07) is 20.3. The molecule has 1 unspecified atom stereocenters. The van der Waals surface area contributed by atoms with Crippen LogP contribution in [0.15, 0.2) is 66.7 Å². The molecule has 3 aromatic rings. The van der Waals surface area contributed by atoms with Crippen molar-refractivity contribution in [3.63, 3.8) is 0 Å². The van der Waals surface area contributed by atoms with Gasteiger partial charge in [-0.25, -0.2) is 0 Å². The summed E-state index contributed by atoms with van der Waals surface area (Å²) in [5.41, 5.74) is 14.9. The van der Waals surface area contributed by atoms with Gasteiger partial charge in [-0.1, -0.05) is 59.6 Å². The number of benzene rings is 3. The minimum atomic E-state index is -0.553. The van der Waals surface area contributed by atoms with Crippen molar-refractivity contribution in [1.29, 1.82) is 0 Å². The average molecular weight is 583 g/mol. The lowest BCUT2D eigenvalue weighted by Crippen LogP contribution is -2.42. The minimum Gasteiger partial charge on any atom is -0.368 e. The summed E-state index contributed by atoms with van der Waals surface area (Å²) in [5.74, 6) is -1.10. The summed E-state index contributed by atoms with van der Waals surface area (Å²) in [6.45, 7) is 2.82. The SMILES string of the molecule is NC(=O)CN(CC(=O)CNC(CN1CCCC1)c1ccc(-c2ccc(C(N)=O)cc2)cc1)c1ccc(Cl)c(Cl)c1. The molecule has 0 bridgehead atoms. The molecule has 5 N–H and O–H groups in total. The molecule has 1 aliphatic heterocycles. The topological polar surface area (TPSA) is 122 Å². The van der Waals surface area contributed by atoms with Crippen LogP contribution in [0.4, 0.5) is 5.69 Å². The molecule has 210 valence electrons. The van der Waals surface area contributed by atoms with E-state index in [0.29, 0.717) is 21.3 Å². The Morgan fingerprint density at radius 2 is 1.48 bits per heavy atom. The standard InChI is InChI=1S/C30H33Cl2N5O3/c31-26-12-11-24(15-27(26)32)37(19-29(33)39)17-25(38)16-35-28(18-36-13-1-2-14-36)22-7-3-20(4-8-22)21-5-9-23(10-6-21)30(34)40/h3-12,15,28,35H,1-2,13-14,16-19H2,(H2,33,39)(H2,34,40). The maximum Gasteiger partial charge on any atom is 0.248 e. The quantitative estimate of drug-likeness (QED) is 0.280. The Morgan fingerprint density at radius 1 is 0.850 bits per heavy atom. The Balaban J connectivity index is 1.45. The van der Waals surface area contributed by atoms with Crippen LogP contribution in [0.3, 0.4) is 0 Å². The smallest absolute Gasteiger partial charge is 0.248 e. The fourth-order valence-electron chi connectivity index (χ4n) is 4.86. The molecule has 0 radical (unpaired) electrons. The number of carbonyl (C=O) groups is 3. The van der Waals surface area contributed by atoms with Gasteiger partial charge in [0.25, 0.3) is 0 Å². The number of amides is 2. The third-order valence-electron chi connectivity index (χ3n) is 6.98. The lowest BCUT2D eigenvalue weighted by Gasteiger charge is -2.26. The van der Waals surface area contributed by atoms with Crippen LogP contribution in [0.2, 0.25) is 10.0 Å². The van der Waals surface area contributed by atoms with Crippen LogP contribution in [0.5, 0.6) is 0 Å². The van der Waals surface area contributed by atoms with Gasteiger partial charge in [0.2, 0.25) is 11.8 Å². The summed E-state index contributed by atoms with van der Waals surface area (Å²) < 4.78 is 0. The van der Waals surface area contributed by atoms with Gasteiger partial charge < -0.3 is 26.6 Å². The number of nitrogens with two attached hydrogens (primary N) is 2. The molecule has 0 aromatic heterocycles. The fourth-order valence-corrected chi connectivity index (χ4v) is 5.15. The Labute approximate surface area is 244 Å². The van der Waals surface area contributed by atoms with Crippen LogP contribution in [0, 0.1) is 0 Å². The van der Waals surface area contributed by atoms with Crippen molar-refractivity contribution in [2.45, 2.75) is 18.9 Å². The maximum absolute atomic E-state index is 13.1. The van der Waals surface area contributed by atoms with E-state index >= 15 is 0 Å². The summed E-state index contributed by atoms with van der Waals surface area (Å²) in [4.78, 5) is 40.2. The lowest BCUT2D eigenvalue weighted by atomic mass is 9.99. The van der Waals surface area contributed by atoms with E-state index in [2.05, 4.69) is 22.3 Å². The first-order chi connectivity index (χ1) is 19.2. The van der Waals surface area contributed by atoms with E-state index in [0.717, 1.165) is 49.2 Å². The molecule has 8 nitrogen and oxygen atoms in total. The molecule has 10 heteroatoms. The zero-order chi connectivity index (χ0) is 28.6. The molecule has 40 heavy (non-hydrogen) atoms. The number of nitrogens with one attached hydrogen (secondary N) is 1. The first-order valence-electron chi connectivity index (χ1n) is 13.2. The molecule has 0 aliphatic carbocycles. The zero-order valence-electron chi connectivity index (χ0n) is 22.1. The zero-order valence-corrected chi connectivity index (χ0v) is 23.6. The van der Waals surface area contributed by atoms with Crippen LogP contribution in [-0.4, -0.2) is 61.8 Å². The van der Waals surface area contributed by atoms with Crippen LogP contribution >= 0.6 is 23.2 Å². The monoisotopic (exact) mass is 581 g/mol. The number of rotatable bonds is 13. The van der Waals surface area contributed by atoms with Crippen molar-refractivity contribution in [3.8, 4) is 11.1 Å². The Bertz CT molecular complexity index is 1340. The number of hydrogen-bond acceptors (Lipinski definition) is 6. The molecule has 2 amide bonds. The normalized spacial score (nSPS) is 14.2. The number of halogens is 2. The van der Waals surface area contributed by atoms with Crippen molar-refractivity contribution in [2.75, 3.05) is 44.2 Å². The van der Waals surface area contributed by atoms with Crippen molar-refractivity contribution < 1.29 is 14.4 Å². The second-order valence-electron chi connectivity index (χ2n) is 9.96. The van der Waals surface area contributed by atoms with E-state index in [1.165, 1.54) is 0 Å². The number of nitrogens with zero attached hydrogens (tertiary/aromatic N) is 2. The highest BCUT2D eigenvalue weighted by Crippen LogP contribution is 2.27. The predicted molar refractivity (Wildman–Crippen MR) is 160 cm³/mol. The second-order valence-corrected chi connectivity index (χ2v) is 10.8. The molecular formula is C30H33Cl2N5O3. The third kappa shape index (κ3) is 8.05. The van der Waals surface area contributed by atoms with Crippen LogP contribution < -0.4 is 21.7 Å². The number of carbonyl (C=O) groups excluding carboxylic acids is 3. The van der Waals surface area contributed by atoms with Gasteiger partial charge in [-0.15, -0.1) is 0 Å². The highest BCUT2D eigenvalue weighted by Gasteiger charge is 2.21. The second kappa shape index (κ2) is 13.8. The largest absolute Gasteiger partial charge is 0.368 e. The molecule has 0 saturated carbocycles. The molecule has 1 atom stereocenters. The molecule has 1 saturated heterocycles. The third-order valence-corrected chi connectivity index (χ3v) is 7.72. The summed E-state index contributed by atoms with van der Waals surface area (Å²) in [6.07, 6.45) is 2.33. The molecular weight excluding hydrogens is 549 g/mol. The van der Waals surface area contributed by atoms with Gasteiger partial charge in [0.05, 0.1) is 29.7 Å². The van der Waals surface area contributed by atoms with Crippen molar-refractivity contribution >= 4 is 46.5 Å². The van der Waals surface area contributed by atoms with Crippen molar-refractivity contribution in [2.24, 2.45) is 11.5 Å². The Kier molecular flexibility index (Phi) is 10.2. The van der Waals surface area contributed by atoms with Crippen molar-refractivity contribution in [3.05, 3.63) is 87.9 Å². The van der Waals surface area contributed by atoms with Gasteiger partial charge in [0.1, 0.15) is 0 Å². The number of ketones is 1. The lowest BCUT2D eigenvalue weighted by molar-refractivity contribution is -0.117. The number of Topliss-reactive ketones (excluding diaryl/α,β-unsaturated/α-hetero) is 1. The number of likely N-dealkylation sites (tertiary alicyclic amines) is 1. The van der Waals surface area contributed by atoms with Crippen LogP contribution in [-0.2, 0) is 9.59 Å². The predicted octanol–water partition coefficient (Wildman–Crippen LogP) is 4.05. The number of hydrogen-bond donors (Lipinski definition) is 3. The highest BCUT2D eigenvalue weighted by atomic mass is 35.5. The van der Waals surface area contributed by atoms with Gasteiger partial charge >= 0.3 is 0 Å². The summed E-state index contributed by atoms with van der Waals surface area (Å²) in [7, 11) is 0. The van der Waals surface area contributed by atoms with Crippen LogP contribution in [0.1, 0.15) is 34.8 Å². The summed E-state index contributed by atoms with van der Waals surface area (Å²) in [5, 5.41) is 4.16. The number of anilines is 1. The van der Waals surface area contributed by atoms with E-state index in [1.54, 1.807) is 35.2 Å². The fraction of sp³-hybridized carbons (Fsp3) is 0.300. The average Bonchev–Trinajstić information content (AvgIpc) is 3.45. The number of primary amides is 2. The van der Waals surface area contributed by atoms with Gasteiger partial charge in [0, 0.05) is 23.8 Å². The Morgan fingerprint density at radius 3 is 2.05 bits per heavy atom. The van der Waals surface area contributed by atoms with E-state index in [4.69, 9.17) is 34.7 Å². The molecule has 3 aromatic carbocycles. The van der Waals surface area contributed by atoms with E-state index in [9.17, 15) is 14.4 Å². The van der Waals surface area contributed by atoms with Gasteiger partial charge in [-0.2, -0.15) is 0 Å². The van der Waals surface area contributed by atoms with E-state index in [1.807, 2.05) is 24.3 Å². The minimum absolute atomic E-state index is 0.00935. The van der Waals surface area contributed by atoms with E-state index < -0.39 is 11.8 Å². The van der Waals surface area contributed by atoms with Gasteiger partial charge in [-0.05, 0) is 73.0 Å². The molecule has 1 heterocycles. The molecule has 1 aliphatic rings. The Hall–Kier alpha value is -3.43. The highest BCUT2D eigenvalue weighted by molar-refractivity contribution is 6.42. The van der Waals surface area contributed by atoms with Gasteiger partial charge in [-0.3, -0.25) is 14.4 Å². The van der Waals surface area contributed by atoms with Gasteiger partial charge in [0.15, 0.2) is 5.78 Å². The molecule has 0 spiro atoms. The first-order valence-corrected chi connectivity index (χ1v) is 13.9.